The van der Waals surface area contributed by atoms with E-state index in [0.29, 0.717) is 39.3 Å². The van der Waals surface area contributed by atoms with Crippen LogP contribution in [0.5, 0.6) is 0 Å². The first-order valence-electron chi connectivity index (χ1n) is 12.1. The Hall–Kier alpha value is -1.22. The van der Waals surface area contributed by atoms with Crippen molar-refractivity contribution in [3.63, 3.8) is 0 Å². The molecule has 0 aromatic heterocycles. The van der Waals surface area contributed by atoms with Crippen LogP contribution in [0.1, 0.15) is 27.7 Å². The van der Waals surface area contributed by atoms with Gasteiger partial charge in [-0.2, -0.15) is 0 Å². The van der Waals surface area contributed by atoms with E-state index < -0.39 is 11.9 Å². The molecule has 4 atom stereocenters. The number of halogens is 2. The maximum absolute atomic E-state index is 11.4. The van der Waals surface area contributed by atoms with Crippen LogP contribution in [0.3, 0.4) is 0 Å². The number of ether oxygens (including phenoxy) is 4. The molecule has 0 saturated carbocycles. The van der Waals surface area contributed by atoms with Crippen molar-refractivity contribution in [1.29, 1.82) is 0 Å². The van der Waals surface area contributed by atoms with E-state index in [4.69, 9.17) is 39.1 Å². The fraction of sp³-hybridized carbons (Fsp3) is 0.818. The first-order valence-corrected chi connectivity index (χ1v) is 15.4. The molecule has 1 saturated heterocycles. The van der Waals surface area contributed by atoms with Gasteiger partial charge in [0.1, 0.15) is 26.4 Å². The molecule has 0 spiro atoms. The molecule has 0 bridgehead atoms. The standard InChI is InChI=1S/C22H41N5O8.2ClH.Mn/c1-15(28)32-11-19-7-23-5-6-24-20(12-33-16(2)29)8-26-22(14-35-18(4)31)10-27-21(9-25-19)13-34-17(3)30;;;/h19-27H,5-14H2,1-4H3;2*1H;/q;;;+2/p-2/t19-,20+,21+,22-;;;/m0.../s1. The van der Waals surface area contributed by atoms with Crippen LogP contribution in [0.4, 0.5) is 0 Å². The van der Waals surface area contributed by atoms with E-state index in [1.165, 1.54) is 27.7 Å². The SMILES string of the molecule is CC(=O)OC[C@H]1CN[C@H](COC(C)=O)CN[C@@H](COC(C)=O)CN[C@H](COC(C)=O)CNCCN1.[Cl][Mn][Cl]. The van der Waals surface area contributed by atoms with E-state index in [1.807, 2.05) is 0 Å². The van der Waals surface area contributed by atoms with Gasteiger partial charge in [0.05, 0.1) is 24.2 Å². The van der Waals surface area contributed by atoms with Crippen molar-refractivity contribution in [2.24, 2.45) is 0 Å². The van der Waals surface area contributed by atoms with Crippen LogP contribution in [-0.2, 0) is 51.3 Å². The summed E-state index contributed by atoms with van der Waals surface area (Å²) in [7, 11) is 9.59. The molecule has 16 heteroatoms. The molecule has 0 unspecified atom stereocenters. The van der Waals surface area contributed by atoms with Gasteiger partial charge in [0, 0.05) is 67.0 Å². The minimum absolute atomic E-state index is 0.00694. The normalized spacial score (nSPS) is 23.3. The van der Waals surface area contributed by atoms with Gasteiger partial charge in [0.2, 0.25) is 0 Å². The van der Waals surface area contributed by atoms with E-state index in [-0.39, 0.29) is 75.7 Å². The molecule has 0 aliphatic carbocycles. The Morgan fingerprint density at radius 3 is 1.18 bits per heavy atom. The first kappa shape index (κ1) is 36.8. The Balaban J connectivity index is 0.00000434. The summed E-state index contributed by atoms with van der Waals surface area (Å²) in [6, 6.07) is -0.837. The zero-order chi connectivity index (χ0) is 28.8. The quantitative estimate of drug-likeness (QED) is 0.127. The topological polar surface area (TPSA) is 165 Å². The van der Waals surface area contributed by atoms with Gasteiger partial charge in [-0.3, -0.25) is 19.2 Å². The molecule has 1 fully saturated rings. The van der Waals surface area contributed by atoms with Crippen LogP contribution in [0.2, 0.25) is 0 Å². The molecule has 1 rings (SSSR count). The van der Waals surface area contributed by atoms with Gasteiger partial charge in [-0.05, 0) is 0 Å². The Bertz CT molecular complexity index is 644. The van der Waals surface area contributed by atoms with Gasteiger partial charge in [-0.15, -0.1) is 0 Å². The van der Waals surface area contributed by atoms with Crippen LogP contribution in [0, 0.1) is 0 Å². The summed E-state index contributed by atoms with van der Waals surface area (Å²) in [6.45, 7) is 9.11. The van der Waals surface area contributed by atoms with E-state index in [0.717, 1.165) is 0 Å². The van der Waals surface area contributed by atoms with E-state index in [1.54, 1.807) is 0 Å². The number of rotatable bonds is 8. The number of esters is 4. The Kier molecular flexibility index (Phi) is 22.9. The fourth-order valence-electron chi connectivity index (χ4n) is 3.20. The van der Waals surface area contributed by atoms with Gasteiger partial charge < -0.3 is 45.5 Å². The molecule has 5 N–H and O–H groups in total. The number of nitrogens with one attached hydrogen (secondary N) is 5. The van der Waals surface area contributed by atoms with Gasteiger partial charge in [-0.25, -0.2) is 0 Å². The Morgan fingerprint density at radius 2 is 0.868 bits per heavy atom. The molecular formula is C22H41Cl2MnN5O8. The summed E-state index contributed by atoms with van der Waals surface area (Å²) in [5.41, 5.74) is 0. The molecular weight excluding hydrogens is 588 g/mol. The van der Waals surface area contributed by atoms with E-state index >= 15 is 0 Å². The summed E-state index contributed by atoms with van der Waals surface area (Å²) >= 11 is 0.00694. The van der Waals surface area contributed by atoms with Crippen molar-refractivity contribution in [1.82, 2.24) is 26.6 Å². The van der Waals surface area contributed by atoms with Crippen LogP contribution < -0.4 is 26.6 Å². The molecule has 13 nitrogen and oxygen atoms in total. The number of hydrogen-bond acceptors (Lipinski definition) is 13. The van der Waals surface area contributed by atoms with Gasteiger partial charge in [-0.1, -0.05) is 0 Å². The van der Waals surface area contributed by atoms with Crippen LogP contribution in [0.15, 0.2) is 0 Å². The van der Waals surface area contributed by atoms with Gasteiger partial charge in [0.25, 0.3) is 0 Å². The first-order chi connectivity index (χ1) is 18.1. The summed E-state index contributed by atoms with van der Waals surface area (Å²) in [6.07, 6.45) is 0. The van der Waals surface area contributed by atoms with Crippen molar-refractivity contribution in [3.05, 3.63) is 0 Å². The van der Waals surface area contributed by atoms with Crippen LogP contribution >= 0.6 is 20.2 Å². The number of hydrogen-bond donors (Lipinski definition) is 5. The molecule has 38 heavy (non-hydrogen) atoms. The Labute approximate surface area is 239 Å². The zero-order valence-corrected chi connectivity index (χ0v) is 25.0. The monoisotopic (exact) mass is 628 g/mol. The predicted molar refractivity (Wildman–Crippen MR) is 138 cm³/mol. The number of carbonyl (C=O) groups excluding carboxylic acids is 4. The summed E-state index contributed by atoms with van der Waals surface area (Å²) < 4.78 is 20.8. The second-order valence-corrected chi connectivity index (χ2v) is 10.4. The predicted octanol–water partition coefficient (Wildman–Crippen LogP) is -0.949. The third-order valence-corrected chi connectivity index (χ3v) is 5.04. The van der Waals surface area contributed by atoms with E-state index in [9.17, 15) is 19.2 Å². The molecule has 0 aromatic rings. The number of carbonyl (C=O) groups is 4. The second kappa shape index (κ2) is 23.6. The third kappa shape index (κ3) is 22.7. The molecule has 223 valence electrons. The van der Waals surface area contributed by atoms with Crippen molar-refractivity contribution < 1.29 is 51.3 Å². The summed E-state index contributed by atoms with van der Waals surface area (Å²) in [5, 5.41) is 16.7. The summed E-state index contributed by atoms with van der Waals surface area (Å²) in [4.78, 5) is 45.3. The van der Waals surface area contributed by atoms with Gasteiger partial charge >= 0.3 is 57.2 Å². The third-order valence-electron chi connectivity index (χ3n) is 5.04. The second-order valence-electron chi connectivity index (χ2n) is 8.44. The van der Waals surface area contributed by atoms with Gasteiger partial charge in [0.15, 0.2) is 0 Å². The van der Waals surface area contributed by atoms with Crippen molar-refractivity contribution in [2.45, 2.75) is 51.9 Å². The molecule has 1 aliphatic rings. The zero-order valence-electron chi connectivity index (χ0n) is 22.3. The molecule has 0 amide bonds. The average molecular weight is 629 g/mol. The minimum atomic E-state index is -0.394. The molecule has 0 radical (unpaired) electrons. The molecule has 1 heterocycles. The summed E-state index contributed by atoms with van der Waals surface area (Å²) in [5.74, 6) is -1.53. The van der Waals surface area contributed by atoms with Crippen LogP contribution in [0.25, 0.3) is 0 Å². The molecule has 0 aromatic carbocycles. The van der Waals surface area contributed by atoms with Crippen LogP contribution in [-0.4, -0.2) is 114 Å². The van der Waals surface area contributed by atoms with Crippen molar-refractivity contribution >= 4 is 44.1 Å². The van der Waals surface area contributed by atoms with Crippen molar-refractivity contribution in [2.75, 3.05) is 65.7 Å². The maximum atomic E-state index is 11.4. The van der Waals surface area contributed by atoms with Crippen molar-refractivity contribution in [3.8, 4) is 0 Å². The molecule has 1 aliphatic heterocycles. The van der Waals surface area contributed by atoms with E-state index in [2.05, 4.69) is 26.6 Å². The fourth-order valence-corrected chi connectivity index (χ4v) is 3.20. The Morgan fingerprint density at radius 1 is 0.579 bits per heavy atom. The average Bonchev–Trinajstić information content (AvgIpc) is 2.84.